The second kappa shape index (κ2) is 9.66. The molecular formula is C25H29N3O. The van der Waals surface area contributed by atoms with Crippen molar-refractivity contribution in [2.45, 2.75) is 38.1 Å². The summed E-state index contributed by atoms with van der Waals surface area (Å²) in [7, 11) is 0. The van der Waals surface area contributed by atoms with E-state index in [4.69, 9.17) is 0 Å². The molecule has 4 rings (SSSR count). The number of hydrogen-bond donors (Lipinski definition) is 0. The third-order valence-corrected chi connectivity index (χ3v) is 5.95. The number of hydrogen-bond acceptors (Lipinski definition) is 3. The Morgan fingerprint density at radius 2 is 1.48 bits per heavy atom. The standard InChI is InChI=1S/C25H29N3O/c29-25-24(23-11-5-2-6-12-23)13-16-26-28(25)18-8-7-17-27-19-14-22(15-20-27)21-9-3-1-4-10-21/h1-6,9-13,16,22H,7-8,14-15,17-20H2. The van der Waals surface area contributed by atoms with Crippen molar-refractivity contribution in [2.75, 3.05) is 19.6 Å². The van der Waals surface area contributed by atoms with E-state index >= 15 is 0 Å². The van der Waals surface area contributed by atoms with E-state index in [0.717, 1.165) is 30.5 Å². The smallest absolute Gasteiger partial charge is 0.274 e. The lowest BCUT2D eigenvalue weighted by Gasteiger charge is -2.32. The van der Waals surface area contributed by atoms with Gasteiger partial charge in [-0.25, -0.2) is 4.68 Å². The average Bonchev–Trinajstić information content (AvgIpc) is 2.79. The van der Waals surface area contributed by atoms with Crippen LogP contribution < -0.4 is 5.56 Å². The fourth-order valence-corrected chi connectivity index (χ4v) is 4.26. The molecule has 2 aromatic carbocycles. The topological polar surface area (TPSA) is 38.1 Å². The number of piperidine rings is 1. The van der Waals surface area contributed by atoms with Gasteiger partial charge < -0.3 is 4.90 Å². The van der Waals surface area contributed by atoms with Crippen molar-refractivity contribution in [1.29, 1.82) is 0 Å². The van der Waals surface area contributed by atoms with E-state index < -0.39 is 0 Å². The van der Waals surface area contributed by atoms with Crippen LogP contribution in [0.5, 0.6) is 0 Å². The molecule has 150 valence electrons. The molecule has 0 unspecified atom stereocenters. The van der Waals surface area contributed by atoms with Crippen molar-refractivity contribution in [1.82, 2.24) is 14.7 Å². The third kappa shape index (κ3) is 5.01. The number of aryl methyl sites for hydroxylation is 1. The van der Waals surface area contributed by atoms with Crippen LogP contribution in [-0.4, -0.2) is 34.3 Å². The van der Waals surface area contributed by atoms with Crippen LogP contribution in [0.25, 0.3) is 11.1 Å². The van der Waals surface area contributed by atoms with E-state index in [0.29, 0.717) is 12.5 Å². The molecule has 1 fully saturated rings. The third-order valence-electron chi connectivity index (χ3n) is 5.95. The molecule has 29 heavy (non-hydrogen) atoms. The van der Waals surface area contributed by atoms with E-state index in [1.807, 2.05) is 36.4 Å². The molecule has 0 radical (unpaired) electrons. The predicted molar refractivity (Wildman–Crippen MR) is 118 cm³/mol. The SMILES string of the molecule is O=c1c(-c2ccccc2)ccnn1CCCCN1CCC(c2ccccc2)CC1. The normalized spacial score (nSPS) is 15.4. The second-order valence-electron chi connectivity index (χ2n) is 7.87. The monoisotopic (exact) mass is 387 g/mol. The molecule has 3 aromatic rings. The molecule has 1 aromatic heterocycles. The molecule has 0 spiro atoms. The maximum atomic E-state index is 12.7. The second-order valence-corrected chi connectivity index (χ2v) is 7.87. The van der Waals surface area contributed by atoms with Gasteiger partial charge in [-0.1, -0.05) is 60.7 Å². The predicted octanol–water partition coefficient (Wildman–Crippen LogP) is 4.57. The van der Waals surface area contributed by atoms with Crippen LogP contribution in [0.4, 0.5) is 0 Å². The zero-order valence-electron chi connectivity index (χ0n) is 16.9. The lowest BCUT2D eigenvalue weighted by molar-refractivity contribution is 0.207. The molecule has 0 atom stereocenters. The first-order valence-corrected chi connectivity index (χ1v) is 10.7. The Bertz CT molecular complexity index is 945. The summed E-state index contributed by atoms with van der Waals surface area (Å²) in [4.78, 5) is 15.3. The Hall–Kier alpha value is -2.72. The molecule has 4 heteroatoms. The van der Waals surface area contributed by atoms with Crippen LogP contribution in [-0.2, 0) is 6.54 Å². The minimum Gasteiger partial charge on any atom is -0.303 e. The number of nitrogens with zero attached hydrogens (tertiary/aromatic N) is 3. The van der Waals surface area contributed by atoms with Crippen LogP contribution in [0.15, 0.2) is 77.7 Å². The van der Waals surface area contributed by atoms with Gasteiger partial charge in [0.2, 0.25) is 0 Å². The molecule has 1 saturated heterocycles. The van der Waals surface area contributed by atoms with Crippen LogP contribution in [0.2, 0.25) is 0 Å². The van der Waals surface area contributed by atoms with Crippen molar-refractivity contribution >= 4 is 0 Å². The highest BCUT2D eigenvalue weighted by atomic mass is 16.1. The van der Waals surface area contributed by atoms with E-state index in [1.54, 1.807) is 10.9 Å². The van der Waals surface area contributed by atoms with E-state index in [2.05, 4.69) is 40.3 Å². The maximum absolute atomic E-state index is 12.7. The first-order chi connectivity index (χ1) is 14.3. The zero-order valence-corrected chi connectivity index (χ0v) is 16.9. The van der Waals surface area contributed by atoms with Gasteiger partial charge in [-0.2, -0.15) is 5.10 Å². The number of likely N-dealkylation sites (tertiary alicyclic amines) is 1. The number of rotatable bonds is 7. The minimum atomic E-state index is 0.00220. The highest BCUT2D eigenvalue weighted by Gasteiger charge is 2.19. The van der Waals surface area contributed by atoms with Gasteiger partial charge in [-0.3, -0.25) is 4.79 Å². The Labute approximate surface area is 172 Å². The molecule has 0 N–H and O–H groups in total. The summed E-state index contributed by atoms with van der Waals surface area (Å²) in [6.45, 7) is 4.12. The maximum Gasteiger partial charge on any atom is 0.274 e. The Kier molecular flexibility index (Phi) is 6.52. The number of unbranched alkanes of at least 4 members (excludes halogenated alkanes) is 1. The van der Waals surface area contributed by atoms with Gasteiger partial charge in [0.1, 0.15) is 0 Å². The molecule has 0 bridgehead atoms. The molecular weight excluding hydrogens is 358 g/mol. The van der Waals surface area contributed by atoms with Crippen molar-refractivity contribution in [3.63, 3.8) is 0 Å². The first kappa shape index (κ1) is 19.6. The van der Waals surface area contributed by atoms with Gasteiger partial charge in [0.15, 0.2) is 0 Å². The summed E-state index contributed by atoms with van der Waals surface area (Å²) in [5.41, 5.74) is 3.16. The van der Waals surface area contributed by atoms with Crippen molar-refractivity contribution in [3.05, 3.63) is 88.8 Å². The van der Waals surface area contributed by atoms with E-state index in [-0.39, 0.29) is 5.56 Å². The summed E-state index contributed by atoms with van der Waals surface area (Å²) in [6.07, 6.45) is 6.29. The molecule has 0 amide bonds. The largest absolute Gasteiger partial charge is 0.303 e. The van der Waals surface area contributed by atoms with Crippen LogP contribution in [0.1, 0.15) is 37.2 Å². The Morgan fingerprint density at radius 1 is 0.828 bits per heavy atom. The van der Waals surface area contributed by atoms with Gasteiger partial charge in [0.05, 0.1) is 5.56 Å². The quantitative estimate of drug-likeness (QED) is 0.558. The summed E-state index contributed by atoms with van der Waals surface area (Å²) >= 11 is 0. The zero-order chi connectivity index (χ0) is 19.9. The minimum absolute atomic E-state index is 0.00220. The van der Waals surface area contributed by atoms with Gasteiger partial charge in [-0.05, 0) is 68.4 Å². The summed E-state index contributed by atoms with van der Waals surface area (Å²) in [6, 6.07) is 22.5. The molecule has 0 aliphatic carbocycles. The average molecular weight is 388 g/mol. The molecule has 2 heterocycles. The summed E-state index contributed by atoms with van der Waals surface area (Å²) in [5.74, 6) is 0.705. The van der Waals surface area contributed by atoms with E-state index in [9.17, 15) is 4.79 Å². The van der Waals surface area contributed by atoms with Crippen LogP contribution >= 0.6 is 0 Å². The number of benzene rings is 2. The van der Waals surface area contributed by atoms with Gasteiger partial charge in [0.25, 0.3) is 5.56 Å². The van der Waals surface area contributed by atoms with Crippen molar-refractivity contribution in [3.8, 4) is 11.1 Å². The summed E-state index contributed by atoms with van der Waals surface area (Å²) in [5, 5.41) is 4.28. The van der Waals surface area contributed by atoms with Crippen molar-refractivity contribution < 1.29 is 0 Å². The fraction of sp³-hybridized carbons (Fsp3) is 0.360. The molecule has 0 saturated carbocycles. The first-order valence-electron chi connectivity index (χ1n) is 10.7. The number of aromatic nitrogens is 2. The Morgan fingerprint density at radius 3 is 2.21 bits per heavy atom. The molecule has 4 nitrogen and oxygen atoms in total. The fourth-order valence-electron chi connectivity index (χ4n) is 4.26. The highest BCUT2D eigenvalue weighted by Crippen LogP contribution is 2.27. The van der Waals surface area contributed by atoms with Gasteiger partial charge >= 0.3 is 0 Å². The van der Waals surface area contributed by atoms with Crippen LogP contribution in [0.3, 0.4) is 0 Å². The van der Waals surface area contributed by atoms with Gasteiger partial charge in [0, 0.05) is 12.7 Å². The lowest BCUT2D eigenvalue weighted by Crippen LogP contribution is -2.34. The van der Waals surface area contributed by atoms with Crippen LogP contribution in [0, 0.1) is 0 Å². The molecule has 1 aliphatic rings. The molecule has 1 aliphatic heterocycles. The Balaban J connectivity index is 1.24. The summed E-state index contributed by atoms with van der Waals surface area (Å²) < 4.78 is 1.62. The van der Waals surface area contributed by atoms with Gasteiger partial charge in [-0.15, -0.1) is 0 Å². The lowest BCUT2D eigenvalue weighted by atomic mass is 9.89. The highest BCUT2D eigenvalue weighted by molar-refractivity contribution is 5.61. The van der Waals surface area contributed by atoms with Crippen molar-refractivity contribution in [2.24, 2.45) is 0 Å². The van der Waals surface area contributed by atoms with E-state index in [1.165, 1.54) is 31.5 Å².